The largest absolute Gasteiger partial charge is 0.478 e. The van der Waals surface area contributed by atoms with E-state index in [0.717, 1.165) is 0 Å². The van der Waals surface area contributed by atoms with E-state index in [9.17, 15) is 23.8 Å². The molecule has 0 spiro atoms. The third-order valence-electron chi connectivity index (χ3n) is 5.16. The summed E-state index contributed by atoms with van der Waals surface area (Å²) >= 11 is 0. The number of hydrogen-bond donors (Lipinski definition) is 2. The normalized spacial score (nSPS) is 11.7. The first-order chi connectivity index (χ1) is 14.4. The van der Waals surface area contributed by atoms with E-state index in [4.69, 9.17) is 0 Å². The van der Waals surface area contributed by atoms with Crippen molar-refractivity contribution in [1.82, 2.24) is 9.55 Å². The van der Waals surface area contributed by atoms with Gasteiger partial charge in [0.2, 0.25) is 0 Å². The average Bonchev–Trinajstić information content (AvgIpc) is 3.12. The van der Waals surface area contributed by atoms with Crippen LogP contribution in [-0.4, -0.2) is 25.7 Å². The number of halogens is 2. The van der Waals surface area contributed by atoms with Crippen LogP contribution in [0, 0.1) is 11.6 Å². The molecule has 0 fully saturated rings. The minimum Gasteiger partial charge on any atom is -0.478 e. The first-order valence-corrected chi connectivity index (χ1v) is 9.34. The summed E-state index contributed by atoms with van der Waals surface area (Å²) in [6.07, 6.45) is 0. The fraction of sp³-hybridized carbons (Fsp3) is 0.130. The molecule has 0 atom stereocenters. The van der Waals surface area contributed by atoms with Gasteiger partial charge in [-0.1, -0.05) is 36.4 Å². The first-order valence-electron chi connectivity index (χ1n) is 9.34. The highest BCUT2D eigenvalue weighted by Crippen LogP contribution is 2.40. The zero-order valence-electron chi connectivity index (χ0n) is 16.0. The van der Waals surface area contributed by atoms with E-state index in [0.29, 0.717) is 17.6 Å². The minimum absolute atomic E-state index is 0.00209. The van der Waals surface area contributed by atoms with Crippen molar-refractivity contribution in [3.63, 3.8) is 0 Å². The van der Waals surface area contributed by atoms with Crippen molar-refractivity contribution >= 4 is 17.0 Å². The van der Waals surface area contributed by atoms with Crippen molar-refractivity contribution in [2.45, 2.75) is 19.1 Å². The number of carbonyl (C=O) groups is 1. The molecule has 0 saturated carbocycles. The van der Waals surface area contributed by atoms with Gasteiger partial charge in [-0.25, -0.2) is 18.6 Å². The molecule has 0 radical (unpaired) electrons. The van der Waals surface area contributed by atoms with Gasteiger partial charge in [0.1, 0.15) is 11.6 Å². The van der Waals surface area contributed by atoms with Gasteiger partial charge in [0, 0.05) is 17.7 Å². The Hall–Kier alpha value is -3.58. The van der Waals surface area contributed by atoms with E-state index in [1.807, 2.05) is 0 Å². The summed E-state index contributed by atoms with van der Waals surface area (Å²) in [5.74, 6) is -2.55. The number of benzene rings is 3. The number of aromatic nitrogens is 2. The molecule has 0 saturated heterocycles. The van der Waals surface area contributed by atoms with Crippen molar-refractivity contribution in [2.24, 2.45) is 0 Å². The van der Waals surface area contributed by atoms with Crippen LogP contribution in [0.4, 0.5) is 8.78 Å². The van der Waals surface area contributed by atoms with Crippen LogP contribution in [0.3, 0.4) is 0 Å². The smallest absolute Gasteiger partial charge is 0.335 e. The zero-order chi connectivity index (χ0) is 21.5. The summed E-state index contributed by atoms with van der Waals surface area (Å²) in [5, 5.41) is 21.2. The van der Waals surface area contributed by atoms with Gasteiger partial charge in [0.05, 0.1) is 16.6 Å². The van der Waals surface area contributed by atoms with Crippen LogP contribution in [0.25, 0.3) is 11.0 Å². The van der Waals surface area contributed by atoms with Crippen molar-refractivity contribution in [1.29, 1.82) is 0 Å². The topological polar surface area (TPSA) is 75.3 Å². The molecule has 0 amide bonds. The van der Waals surface area contributed by atoms with Gasteiger partial charge < -0.3 is 14.8 Å². The summed E-state index contributed by atoms with van der Waals surface area (Å²) in [6, 6.07) is 15.5. The Morgan fingerprint density at radius 2 is 1.57 bits per heavy atom. The molecule has 2 N–H and O–H groups in total. The maximum atomic E-state index is 14.9. The van der Waals surface area contributed by atoms with Gasteiger partial charge in [0.25, 0.3) is 0 Å². The number of carboxylic acid groups (broad SMARTS) is 1. The molecule has 0 aliphatic carbocycles. The van der Waals surface area contributed by atoms with Crippen molar-refractivity contribution in [2.75, 3.05) is 0 Å². The average molecular weight is 408 g/mol. The van der Waals surface area contributed by atoms with Gasteiger partial charge in [-0.3, -0.25) is 0 Å². The van der Waals surface area contributed by atoms with Crippen LogP contribution in [0.2, 0.25) is 0 Å². The second kappa shape index (κ2) is 7.35. The fourth-order valence-corrected chi connectivity index (χ4v) is 3.75. The molecular weight excluding hydrogens is 390 g/mol. The number of fused-ring (bicyclic) bond motifs is 1. The summed E-state index contributed by atoms with van der Waals surface area (Å²) in [6.45, 7) is 2.07. The van der Waals surface area contributed by atoms with Gasteiger partial charge >= 0.3 is 5.97 Å². The van der Waals surface area contributed by atoms with Gasteiger partial charge in [-0.05, 0) is 37.3 Å². The Balaban J connectivity index is 2.11. The molecule has 3 aromatic carbocycles. The van der Waals surface area contributed by atoms with Crippen molar-refractivity contribution in [3.8, 4) is 0 Å². The fourth-order valence-electron chi connectivity index (χ4n) is 3.75. The van der Waals surface area contributed by atoms with Gasteiger partial charge in [-0.15, -0.1) is 0 Å². The monoisotopic (exact) mass is 408 g/mol. The van der Waals surface area contributed by atoms with Crippen LogP contribution < -0.4 is 0 Å². The Kier molecular flexibility index (Phi) is 4.83. The van der Waals surface area contributed by atoms with Crippen LogP contribution in [0.1, 0.15) is 34.2 Å². The first kappa shape index (κ1) is 19.7. The van der Waals surface area contributed by atoms with Crippen LogP contribution in [0.5, 0.6) is 0 Å². The van der Waals surface area contributed by atoms with Crippen molar-refractivity contribution in [3.05, 3.63) is 101 Å². The Labute approximate surface area is 170 Å². The van der Waals surface area contributed by atoms with Crippen LogP contribution in [0.15, 0.2) is 66.7 Å². The van der Waals surface area contributed by atoms with E-state index in [2.05, 4.69) is 4.98 Å². The lowest BCUT2D eigenvalue weighted by molar-refractivity contribution is 0.0697. The summed E-state index contributed by atoms with van der Waals surface area (Å²) in [4.78, 5) is 15.9. The quantitative estimate of drug-likeness (QED) is 0.516. The van der Waals surface area contributed by atoms with Gasteiger partial charge in [-0.2, -0.15) is 0 Å². The molecule has 0 bridgehead atoms. The molecule has 30 heavy (non-hydrogen) atoms. The minimum atomic E-state index is -2.24. The van der Waals surface area contributed by atoms with Crippen LogP contribution >= 0.6 is 0 Å². The predicted molar refractivity (Wildman–Crippen MR) is 107 cm³/mol. The molecule has 0 aliphatic heterocycles. The molecular formula is C23H18F2N2O3. The highest BCUT2D eigenvalue weighted by molar-refractivity contribution is 5.92. The highest BCUT2D eigenvalue weighted by atomic mass is 19.1. The molecule has 1 aromatic heterocycles. The number of hydrogen-bond acceptors (Lipinski definition) is 3. The number of rotatable bonds is 5. The Morgan fingerprint density at radius 1 is 1.00 bits per heavy atom. The molecule has 1 heterocycles. The molecule has 0 unspecified atom stereocenters. The lowest BCUT2D eigenvalue weighted by atomic mass is 9.84. The second-order valence-corrected chi connectivity index (χ2v) is 6.86. The predicted octanol–water partition coefficient (Wildman–Crippen LogP) is 4.32. The highest BCUT2D eigenvalue weighted by Gasteiger charge is 2.42. The Morgan fingerprint density at radius 3 is 2.07 bits per heavy atom. The standard InChI is InChI=1S/C23H18F2N2O3/c1-2-27-20-13-14(21(28)29)11-12-19(20)26-22(27)23(30,15-7-3-5-9-17(15)24)16-8-4-6-10-18(16)25/h3-13,30H,2H2,1H3,(H,28,29). The molecule has 7 heteroatoms. The zero-order valence-corrected chi connectivity index (χ0v) is 16.0. The third kappa shape index (κ3) is 2.95. The van der Waals surface area contributed by atoms with Crippen LogP contribution in [-0.2, 0) is 12.1 Å². The number of aryl methyl sites for hydroxylation is 1. The lowest BCUT2D eigenvalue weighted by Crippen LogP contribution is -2.34. The lowest BCUT2D eigenvalue weighted by Gasteiger charge is -2.30. The molecule has 4 rings (SSSR count). The number of imidazole rings is 1. The summed E-state index contributed by atoms with van der Waals surface area (Å²) < 4.78 is 31.3. The van der Waals surface area contributed by atoms with Gasteiger partial charge in [0.15, 0.2) is 11.4 Å². The Bertz CT molecular complexity index is 1220. The molecule has 0 aliphatic rings. The third-order valence-corrected chi connectivity index (χ3v) is 5.16. The maximum Gasteiger partial charge on any atom is 0.335 e. The van der Waals surface area contributed by atoms with Crippen molar-refractivity contribution < 1.29 is 23.8 Å². The van der Waals surface area contributed by atoms with E-state index in [-0.39, 0.29) is 22.5 Å². The molecule has 5 nitrogen and oxygen atoms in total. The molecule has 152 valence electrons. The van der Waals surface area contributed by atoms with E-state index < -0.39 is 23.2 Å². The molecule has 4 aromatic rings. The SMILES string of the molecule is CCn1c(C(O)(c2ccccc2F)c2ccccc2F)nc2ccc(C(=O)O)cc21. The second-order valence-electron chi connectivity index (χ2n) is 6.86. The van der Waals surface area contributed by atoms with E-state index in [1.165, 1.54) is 54.6 Å². The summed E-state index contributed by atoms with van der Waals surface area (Å²) in [5.41, 5.74) is -1.66. The summed E-state index contributed by atoms with van der Waals surface area (Å²) in [7, 11) is 0. The number of carboxylic acids is 1. The number of aromatic carboxylic acids is 1. The maximum absolute atomic E-state index is 14.9. The van der Waals surface area contributed by atoms with E-state index >= 15 is 0 Å². The number of nitrogens with zero attached hydrogens (tertiary/aromatic N) is 2. The number of aliphatic hydroxyl groups is 1. The van der Waals surface area contributed by atoms with E-state index in [1.54, 1.807) is 23.6 Å².